The Hall–Kier alpha value is -2.32. The van der Waals surface area contributed by atoms with Crippen molar-refractivity contribution in [3.8, 4) is 0 Å². The lowest BCUT2D eigenvalue weighted by Crippen LogP contribution is -2.12. The van der Waals surface area contributed by atoms with Crippen molar-refractivity contribution >= 4 is 34.0 Å². The Morgan fingerprint density at radius 1 is 1.00 bits per heavy atom. The molecule has 24 heavy (non-hydrogen) atoms. The molecule has 2 nitrogen and oxygen atoms in total. The first kappa shape index (κ1) is 16.5. The first-order valence-corrected chi connectivity index (χ1v) is 8.56. The number of carbonyl (C=O) groups excluding carboxylic acids is 1. The standard InChI is InChI=1S/C21H20ClNO/c1-3-14(2)15-10-12-16(13-11-15)23-21(24)19-8-4-7-18-17(19)6-5-9-20(18)22/h4-14H,3H2,1-2H3,(H,23,24). The largest absolute Gasteiger partial charge is 0.322 e. The number of halogens is 1. The van der Waals surface area contributed by atoms with E-state index in [1.165, 1.54) is 5.56 Å². The highest BCUT2D eigenvalue weighted by Crippen LogP contribution is 2.27. The predicted octanol–water partition coefficient (Wildman–Crippen LogP) is 6.26. The third kappa shape index (κ3) is 3.29. The van der Waals surface area contributed by atoms with Gasteiger partial charge in [0, 0.05) is 21.7 Å². The zero-order valence-corrected chi connectivity index (χ0v) is 14.6. The van der Waals surface area contributed by atoms with Gasteiger partial charge >= 0.3 is 0 Å². The van der Waals surface area contributed by atoms with E-state index in [2.05, 4.69) is 31.3 Å². The molecule has 0 aliphatic carbocycles. The first-order chi connectivity index (χ1) is 11.6. The van der Waals surface area contributed by atoms with Crippen LogP contribution in [0.15, 0.2) is 60.7 Å². The summed E-state index contributed by atoms with van der Waals surface area (Å²) in [4.78, 5) is 12.7. The highest BCUT2D eigenvalue weighted by atomic mass is 35.5. The monoisotopic (exact) mass is 337 g/mol. The smallest absolute Gasteiger partial charge is 0.256 e. The Balaban J connectivity index is 1.87. The van der Waals surface area contributed by atoms with E-state index >= 15 is 0 Å². The van der Waals surface area contributed by atoms with Crippen LogP contribution in [0, 0.1) is 0 Å². The molecular weight excluding hydrogens is 318 g/mol. The van der Waals surface area contributed by atoms with Gasteiger partial charge in [0.15, 0.2) is 0 Å². The van der Waals surface area contributed by atoms with Gasteiger partial charge in [0.1, 0.15) is 0 Å². The number of benzene rings is 3. The van der Waals surface area contributed by atoms with Crippen molar-refractivity contribution in [2.45, 2.75) is 26.2 Å². The van der Waals surface area contributed by atoms with Crippen molar-refractivity contribution < 1.29 is 4.79 Å². The molecule has 3 heteroatoms. The number of hydrogen-bond acceptors (Lipinski definition) is 1. The second-order valence-corrected chi connectivity index (χ2v) is 6.43. The number of amides is 1. The van der Waals surface area contributed by atoms with Crippen LogP contribution in [0.3, 0.4) is 0 Å². The van der Waals surface area contributed by atoms with Gasteiger partial charge in [-0.15, -0.1) is 0 Å². The van der Waals surface area contributed by atoms with Crippen molar-refractivity contribution in [2.75, 3.05) is 5.32 Å². The zero-order chi connectivity index (χ0) is 17.1. The van der Waals surface area contributed by atoms with E-state index in [1.54, 1.807) is 0 Å². The number of fused-ring (bicyclic) bond motifs is 1. The van der Waals surface area contributed by atoms with Crippen LogP contribution in [0.25, 0.3) is 10.8 Å². The Morgan fingerprint density at radius 3 is 2.38 bits per heavy atom. The molecule has 0 saturated heterocycles. The van der Waals surface area contributed by atoms with Gasteiger partial charge < -0.3 is 5.32 Å². The van der Waals surface area contributed by atoms with Crippen molar-refractivity contribution in [1.82, 2.24) is 0 Å². The van der Waals surface area contributed by atoms with Crippen molar-refractivity contribution in [3.63, 3.8) is 0 Å². The van der Waals surface area contributed by atoms with E-state index in [0.717, 1.165) is 22.9 Å². The maximum Gasteiger partial charge on any atom is 0.256 e. The molecule has 0 aliphatic heterocycles. The van der Waals surface area contributed by atoms with Crippen LogP contribution in [-0.4, -0.2) is 5.91 Å². The molecule has 1 atom stereocenters. The molecule has 122 valence electrons. The average molecular weight is 338 g/mol. The molecule has 3 aromatic rings. The molecule has 0 aliphatic rings. The predicted molar refractivity (Wildman–Crippen MR) is 102 cm³/mol. The minimum atomic E-state index is -0.126. The minimum Gasteiger partial charge on any atom is -0.322 e. The SMILES string of the molecule is CCC(C)c1ccc(NC(=O)c2cccc3c(Cl)cccc23)cc1. The summed E-state index contributed by atoms with van der Waals surface area (Å²) < 4.78 is 0. The Kier molecular flexibility index (Phi) is 4.86. The number of carbonyl (C=O) groups is 1. The molecule has 3 rings (SSSR count). The Labute approximate surface area is 147 Å². The van der Waals surface area contributed by atoms with E-state index < -0.39 is 0 Å². The topological polar surface area (TPSA) is 29.1 Å². The lowest BCUT2D eigenvalue weighted by atomic mass is 9.98. The van der Waals surface area contributed by atoms with Gasteiger partial charge in [-0.05, 0) is 47.6 Å². The molecule has 0 fully saturated rings. The lowest BCUT2D eigenvalue weighted by molar-refractivity contribution is 0.102. The fourth-order valence-corrected chi connectivity index (χ4v) is 3.04. The molecule has 1 amide bonds. The summed E-state index contributed by atoms with van der Waals surface area (Å²) in [5.74, 6) is 0.397. The molecule has 0 spiro atoms. The van der Waals surface area contributed by atoms with E-state index in [4.69, 9.17) is 11.6 Å². The van der Waals surface area contributed by atoms with Gasteiger partial charge in [0.2, 0.25) is 0 Å². The second-order valence-electron chi connectivity index (χ2n) is 6.03. The molecule has 0 aromatic heterocycles. The molecular formula is C21H20ClNO. The fraction of sp³-hybridized carbons (Fsp3) is 0.190. The third-order valence-corrected chi connectivity index (χ3v) is 4.79. The average Bonchev–Trinajstić information content (AvgIpc) is 2.61. The van der Waals surface area contributed by atoms with Crippen molar-refractivity contribution in [3.05, 3.63) is 76.8 Å². The summed E-state index contributed by atoms with van der Waals surface area (Å²) in [6, 6.07) is 19.3. The van der Waals surface area contributed by atoms with Crippen LogP contribution in [0.1, 0.15) is 42.1 Å². The van der Waals surface area contributed by atoms with Crippen LogP contribution in [0.2, 0.25) is 5.02 Å². The van der Waals surface area contributed by atoms with Crippen LogP contribution in [0.4, 0.5) is 5.69 Å². The van der Waals surface area contributed by atoms with Crippen molar-refractivity contribution in [2.24, 2.45) is 0 Å². The minimum absolute atomic E-state index is 0.126. The number of rotatable bonds is 4. The summed E-state index contributed by atoms with van der Waals surface area (Å²) >= 11 is 6.22. The first-order valence-electron chi connectivity index (χ1n) is 8.18. The summed E-state index contributed by atoms with van der Waals surface area (Å²) in [5, 5.41) is 5.37. The third-order valence-electron chi connectivity index (χ3n) is 4.46. The summed E-state index contributed by atoms with van der Waals surface area (Å²) in [6.45, 7) is 4.37. The van der Waals surface area contributed by atoms with Gasteiger partial charge in [-0.25, -0.2) is 0 Å². The highest BCUT2D eigenvalue weighted by Gasteiger charge is 2.11. The van der Waals surface area contributed by atoms with Crippen molar-refractivity contribution in [1.29, 1.82) is 0 Å². The van der Waals surface area contributed by atoms with Crippen LogP contribution in [-0.2, 0) is 0 Å². The number of nitrogens with one attached hydrogen (secondary N) is 1. The van der Waals surface area contributed by atoms with Crippen LogP contribution in [0.5, 0.6) is 0 Å². The van der Waals surface area contributed by atoms with E-state index in [-0.39, 0.29) is 5.91 Å². The van der Waals surface area contributed by atoms with E-state index in [9.17, 15) is 4.79 Å². The molecule has 0 saturated carbocycles. The molecule has 0 heterocycles. The summed E-state index contributed by atoms with van der Waals surface area (Å²) in [7, 11) is 0. The molecule has 0 radical (unpaired) electrons. The van der Waals surface area contributed by atoms with E-state index in [1.807, 2.05) is 48.5 Å². The maximum absolute atomic E-state index is 12.7. The lowest BCUT2D eigenvalue weighted by Gasteiger charge is -2.11. The van der Waals surface area contributed by atoms with Crippen LogP contribution < -0.4 is 5.32 Å². The summed E-state index contributed by atoms with van der Waals surface area (Å²) in [6.07, 6.45) is 1.10. The normalized spacial score (nSPS) is 12.1. The molecule has 3 aromatic carbocycles. The van der Waals surface area contributed by atoms with Gasteiger partial charge in [0.05, 0.1) is 0 Å². The fourth-order valence-electron chi connectivity index (χ4n) is 2.80. The van der Waals surface area contributed by atoms with Gasteiger partial charge in [-0.2, -0.15) is 0 Å². The van der Waals surface area contributed by atoms with Gasteiger partial charge in [0.25, 0.3) is 5.91 Å². The number of hydrogen-bond donors (Lipinski definition) is 1. The molecule has 1 unspecified atom stereocenters. The molecule has 0 bridgehead atoms. The quantitative estimate of drug-likeness (QED) is 0.598. The van der Waals surface area contributed by atoms with Gasteiger partial charge in [-0.1, -0.05) is 61.8 Å². The van der Waals surface area contributed by atoms with E-state index in [0.29, 0.717) is 16.5 Å². The number of anilines is 1. The van der Waals surface area contributed by atoms with Crippen LogP contribution >= 0.6 is 11.6 Å². The molecule has 1 N–H and O–H groups in total. The summed E-state index contributed by atoms with van der Waals surface area (Å²) in [5.41, 5.74) is 2.71. The van der Waals surface area contributed by atoms with Gasteiger partial charge in [-0.3, -0.25) is 4.79 Å². The Morgan fingerprint density at radius 2 is 1.67 bits per heavy atom. The second kappa shape index (κ2) is 7.06. The maximum atomic E-state index is 12.7. The Bertz CT molecular complexity index is 871. The highest BCUT2D eigenvalue weighted by molar-refractivity contribution is 6.36. The zero-order valence-electron chi connectivity index (χ0n) is 13.8.